The van der Waals surface area contributed by atoms with Crippen LogP contribution in [0.5, 0.6) is 5.75 Å². The molecule has 1 fully saturated rings. The highest BCUT2D eigenvalue weighted by Crippen LogP contribution is 2.48. The molecule has 0 saturated carbocycles. The van der Waals surface area contributed by atoms with Crippen LogP contribution in [0.1, 0.15) is 48.2 Å². The van der Waals surface area contributed by atoms with Crippen molar-refractivity contribution in [2.24, 2.45) is 5.92 Å². The minimum absolute atomic E-state index is 0.120. The molecule has 2 aromatic rings. The maximum absolute atomic E-state index is 13.6. The van der Waals surface area contributed by atoms with Crippen LogP contribution < -0.4 is 15.4 Å². The molecule has 156 valence electrons. The van der Waals surface area contributed by atoms with Gasteiger partial charge in [0.1, 0.15) is 5.75 Å². The number of hydrogen-bond donors (Lipinski definition) is 2. The van der Waals surface area contributed by atoms with Gasteiger partial charge >= 0.3 is 0 Å². The van der Waals surface area contributed by atoms with Crippen LogP contribution in [0.2, 0.25) is 0 Å². The van der Waals surface area contributed by atoms with Crippen LogP contribution in [0.4, 0.5) is 5.69 Å². The lowest BCUT2D eigenvalue weighted by molar-refractivity contribution is 0.105. The van der Waals surface area contributed by atoms with E-state index in [-0.39, 0.29) is 11.2 Å². The van der Waals surface area contributed by atoms with E-state index < -0.39 is 0 Å². The third kappa shape index (κ3) is 3.28. The number of piperidine rings is 1. The molecule has 5 heteroatoms. The van der Waals surface area contributed by atoms with Crippen molar-refractivity contribution in [3.63, 3.8) is 0 Å². The Labute approximate surface area is 186 Å². The molecule has 1 aliphatic carbocycles. The first-order valence-corrected chi connectivity index (χ1v) is 11.5. The van der Waals surface area contributed by atoms with E-state index in [2.05, 4.69) is 46.5 Å². The Morgan fingerprint density at radius 2 is 1.87 bits per heavy atom. The summed E-state index contributed by atoms with van der Waals surface area (Å²) in [7, 11) is 0. The maximum atomic E-state index is 13.6. The zero-order valence-corrected chi connectivity index (χ0v) is 19.1. The molecule has 2 N–H and O–H groups in total. The molecule has 0 spiro atoms. The van der Waals surface area contributed by atoms with E-state index in [4.69, 9.17) is 4.74 Å². The second kappa shape index (κ2) is 7.54. The molecule has 0 bridgehead atoms. The minimum Gasteiger partial charge on any atom is -0.493 e. The first kappa shape index (κ1) is 19.8. The SMILES string of the molecule is CC1(C)C2=C(C(=O)c3ccc(OCC4CCNCC4)cc31)c1ccc(Br)cc1NC2. The zero-order chi connectivity index (χ0) is 20.9. The lowest BCUT2D eigenvalue weighted by Gasteiger charge is -2.40. The van der Waals surface area contributed by atoms with Crippen LogP contribution in [0.25, 0.3) is 5.57 Å². The van der Waals surface area contributed by atoms with E-state index in [9.17, 15) is 4.79 Å². The number of Topliss-reactive ketones (excluding diaryl/α,β-unsaturated/α-hetero) is 1. The number of ether oxygens (including phenoxy) is 1. The number of halogens is 1. The van der Waals surface area contributed by atoms with Crippen molar-refractivity contribution < 1.29 is 9.53 Å². The van der Waals surface area contributed by atoms with Gasteiger partial charge in [-0.15, -0.1) is 0 Å². The Balaban J connectivity index is 1.49. The van der Waals surface area contributed by atoms with Crippen LogP contribution in [0, 0.1) is 5.92 Å². The zero-order valence-electron chi connectivity index (χ0n) is 17.5. The molecule has 30 heavy (non-hydrogen) atoms. The first-order chi connectivity index (χ1) is 14.4. The van der Waals surface area contributed by atoms with E-state index in [1.807, 2.05) is 30.3 Å². The highest BCUT2D eigenvalue weighted by molar-refractivity contribution is 9.10. The number of carbonyl (C=O) groups is 1. The molecule has 4 nitrogen and oxygen atoms in total. The summed E-state index contributed by atoms with van der Waals surface area (Å²) < 4.78 is 7.18. The third-order valence-electron chi connectivity index (χ3n) is 6.84. The van der Waals surface area contributed by atoms with Crippen molar-refractivity contribution in [3.8, 4) is 5.75 Å². The average molecular weight is 467 g/mol. The number of carbonyl (C=O) groups excluding carboxylic acids is 1. The smallest absolute Gasteiger partial charge is 0.194 e. The fourth-order valence-corrected chi connectivity index (χ4v) is 5.36. The van der Waals surface area contributed by atoms with Crippen molar-refractivity contribution in [2.45, 2.75) is 32.1 Å². The summed E-state index contributed by atoms with van der Waals surface area (Å²) in [4.78, 5) is 13.6. The lowest BCUT2D eigenvalue weighted by Crippen LogP contribution is -2.36. The fraction of sp³-hybridized carbons (Fsp3) is 0.400. The second-order valence-corrected chi connectivity index (χ2v) is 9.98. The number of fused-ring (bicyclic) bond motifs is 3. The highest BCUT2D eigenvalue weighted by Gasteiger charge is 2.41. The van der Waals surface area contributed by atoms with Gasteiger partial charge in [-0.3, -0.25) is 4.79 Å². The predicted octanol–water partition coefficient (Wildman–Crippen LogP) is 5.18. The summed E-state index contributed by atoms with van der Waals surface area (Å²) in [5, 5.41) is 6.91. The van der Waals surface area contributed by atoms with Gasteiger partial charge in [-0.05, 0) is 73.3 Å². The fourth-order valence-electron chi connectivity index (χ4n) is 5.00. The predicted molar refractivity (Wildman–Crippen MR) is 124 cm³/mol. The van der Waals surface area contributed by atoms with Gasteiger partial charge in [0.05, 0.1) is 6.61 Å². The molecule has 0 unspecified atom stereocenters. The van der Waals surface area contributed by atoms with Crippen LogP contribution >= 0.6 is 15.9 Å². The van der Waals surface area contributed by atoms with E-state index in [0.29, 0.717) is 12.5 Å². The maximum Gasteiger partial charge on any atom is 0.194 e. The Kier molecular flexibility index (Phi) is 4.98. The normalized spacial score (nSPS) is 20.2. The van der Waals surface area contributed by atoms with Gasteiger partial charge in [-0.25, -0.2) is 0 Å². The second-order valence-electron chi connectivity index (χ2n) is 9.06. The van der Waals surface area contributed by atoms with Crippen LogP contribution in [-0.4, -0.2) is 32.0 Å². The quantitative estimate of drug-likeness (QED) is 0.653. The molecule has 0 amide bonds. The van der Waals surface area contributed by atoms with Crippen LogP contribution in [-0.2, 0) is 5.41 Å². The Bertz CT molecular complexity index is 1050. The van der Waals surface area contributed by atoms with Crippen molar-refractivity contribution in [1.29, 1.82) is 0 Å². The van der Waals surface area contributed by atoms with E-state index in [1.54, 1.807) is 0 Å². The molecular weight excluding hydrogens is 440 g/mol. The molecule has 2 aliphatic heterocycles. The monoisotopic (exact) mass is 466 g/mol. The summed E-state index contributed by atoms with van der Waals surface area (Å²) in [6.45, 7) is 8.00. The number of benzene rings is 2. The number of allylic oxidation sites excluding steroid dienone is 1. The summed E-state index contributed by atoms with van der Waals surface area (Å²) in [5.74, 6) is 1.59. The summed E-state index contributed by atoms with van der Waals surface area (Å²) in [6, 6.07) is 12.1. The topological polar surface area (TPSA) is 50.4 Å². The molecule has 0 atom stereocenters. The van der Waals surface area contributed by atoms with Crippen molar-refractivity contribution in [1.82, 2.24) is 5.32 Å². The molecule has 2 heterocycles. The molecular formula is C25H27BrN2O2. The Morgan fingerprint density at radius 1 is 1.10 bits per heavy atom. The number of nitrogens with one attached hydrogen (secondary N) is 2. The molecule has 0 radical (unpaired) electrons. The largest absolute Gasteiger partial charge is 0.493 e. The third-order valence-corrected chi connectivity index (χ3v) is 7.34. The highest BCUT2D eigenvalue weighted by atomic mass is 79.9. The van der Waals surface area contributed by atoms with Gasteiger partial charge in [0.2, 0.25) is 0 Å². The van der Waals surface area contributed by atoms with Gasteiger partial charge in [0.25, 0.3) is 0 Å². The average Bonchev–Trinajstić information content (AvgIpc) is 2.76. The first-order valence-electron chi connectivity index (χ1n) is 10.8. The number of anilines is 1. The number of rotatable bonds is 3. The number of ketones is 1. The van der Waals surface area contributed by atoms with Crippen molar-refractivity contribution >= 4 is 33.0 Å². The molecule has 2 aromatic carbocycles. The minimum atomic E-state index is -0.246. The van der Waals surface area contributed by atoms with Crippen LogP contribution in [0.3, 0.4) is 0 Å². The van der Waals surface area contributed by atoms with Crippen molar-refractivity contribution in [3.05, 3.63) is 63.1 Å². The van der Waals surface area contributed by atoms with Gasteiger partial charge in [0, 0.05) is 38.8 Å². The standard InChI is InChI=1S/C25H27BrN2O2/c1-25(2)20-12-17(30-14-15-7-9-27-10-8-15)4-6-18(20)24(29)23-19-5-3-16(26)11-22(19)28-13-21(23)25/h3-6,11-12,15,27-28H,7-10,13-14H2,1-2H3. The van der Waals surface area contributed by atoms with E-state index >= 15 is 0 Å². The Hall–Kier alpha value is -2.11. The van der Waals surface area contributed by atoms with Gasteiger partial charge in [-0.1, -0.05) is 35.8 Å². The molecule has 5 rings (SSSR count). The van der Waals surface area contributed by atoms with Crippen molar-refractivity contribution in [2.75, 3.05) is 31.6 Å². The lowest BCUT2D eigenvalue weighted by atomic mass is 9.66. The molecule has 0 aromatic heterocycles. The van der Waals surface area contributed by atoms with Gasteiger partial charge in [-0.2, -0.15) is 0 Å². The van der Waals surface area contributed by atoms with E-state index in [1.165, 1.54) is 0 Å². The molecule has 1 saturated heterocycles. The van der Waals surface area contributed by atoms with Gasteiger partial charge < -0.3 is 15.4 Å². The number of hydrogen-bond acceptors (Lipinski definition) is 4. The summed E-state index contributed by atoms with van der Waals surface area (Å²) in [6.07, 6.45) is 2.32. The Morgan fingerprint density at radius 3 is 2.67 bits per heavy atom. The summed E-state index contributed by atoms with van der Waals surface area (Å²) in [5.41, 5.74) is 5.64. The molecule has 3 aliphatic rings. The van der Waals surface area contributed by atoms with Gasteiger partial charge in [0.15, 0.2) is 5.78 Å². The van der Waals surface area contributed by atoms with Crippen LogP contribution in [0.15, 0.2) is 46.4 Å². The summed E-state index contributed by atoms with van der Waals surface area (Å²) >= 11 is 3.53. The van der Waals surface area contributed by atoms with E-state index in [0.717, 1.165) is 76.3 Å².